The summed E-state index contributed by atoms with van der Waals surface area (Å²) in [7, 11) is 0. The van der Waals surface area contributed by atoms with Gasteiger partial charge in [-0.2, -0.15) is 0 Å². The van der Waals surface area contributed by atoms with Crippen molar-refractivity contribution in [2.45, 2.75) is 26.3 Å². The van der Waals surface area contributed by atoms with Crippen LogP contribution in [0.1, 0.15) is 25.7 Å². The first kappa shape index (κ1) is 2.94. The molecule has 2 nitrogen and oxygen atoms in total. The third-order valence-electron chi connectivity index (χ3n) is 1.93. The molecular formula is C9H14N2. The van der Waals surface area contributed by atoms with E-state index < -0.39 is 19.0 Å². The lowest BCUT2D eigenvalue weighted by Crippen LogP contribution is -2.24. The quantitative estimate of drug-likeness (QED) is 0.549. The molecule has 1 fully saturated rings. The van der Waals surface area contributed by atoms with E-state index in [0.29, 0.717) is 16.2 Å². The van der Waals surface area contributed by atoms with Crippen LogP contribution in [-0.2, 0) is 0 Å². The van der Waals surface area contributed by atoms with E-state index in [4.69, 9.17) is 8.31 Å². The Balaban J connectivity index is 2.63. The van der Waals surface area contributed by atoms with Crippen molar-refractivity contribution < 1.29 is 8.31 Å². The maximum Gasteiger partial charge on any atom is 0.161 e. The highest BCUT2D eigenvalue weighted by Gasteiger charge is 2.23. The summed E-state index contributed by atoms with van der Waals surface area (Å²) in [6.45, 7) is 1.07. The predicted molar refractivity (Wildman–Crippen MR) is 46.0 cm³/mol. The van der Waals surface area contributed by atoms with E-state index >= 15 is 0 Å². The third kappa shape index (κ3) is 1.07. The Morgan fingerprint density at radius 3 is 3.45 bits per heavy atom. The fourth-order valence-corrected chi connectivity index (χ4v) is 1.10. The van der Waals surface area contributed by atoms with Crippen LogP contribution in [-0.4, -0.2) is 12.6 Å². The number of fused-ring (bicyclic) bond motifs is 1. The average molecular weight is 156 g/mol. The number of hydrogen-bond acceptors (Lipinski definition) is 2. The molecule has 1 aliphatic carbocycles. The van der Waals surface area contributed by atoms with Gasteiger partial charge in [0, 0.05) is 7.07 Å². The fourth-order valence-electron chi connectivity index (χ4n) is 1.10. The molecule has 0 radical (unpaired) electrons. The first-order valence-electron chi connectivity index (χ1n) is 6.52. The summed E-state index contributed by atoms with van der Waals surface area (Å²) >= 11 is 0. The minimum Gasteiger partial charge on any atom is -0.374 e. The molecule has 1 heterocycles. The molecule has 1 aliphatic heterocycles. The zero-order valence-corrected chi connectivity index (χ0v) is 6.55. The lowest BCUT2D eigenvalue weighted by Gasteiger charge is -2.18. The van der Waals surface area contributed by atoms with Crippen molar-refractivity contribution in [1.29, 1.82) is 0 Å². The minimum atomic E-state index is -2.39. The first-order chi connectivity index (χ1) is 7.65. The van der Waals surface area contributed by atoms with Crippen molar-refractivity contribution in [2.24, 2.45) is 0 Å². The van der Waals surface area contributed by atoms with E-state index in [2.05, 4.69) is 0 Å². The molecule has 0 aromatic heterocycles. The van der Waals surface area contributed by atoms with E-state index in [1.54, 1.807) is 13.8 Å². The topological polar surface area (TPSA) is 24.1 Å². The molecular weight excluding hydrogens is 136 g/mol. The number of rotatable bonds is 0. The second-order valence-corrected chi connectivity index (χ2v) is 2.75. The Hall–Kier alpha value is -0.760. The molecule has 0 aromatic carbocycles. The van der Waals surface area contributed by atoms with Crippen molar-refractivity contribution in [2.75, 3.05) is 6.62 Å². The van der Waals surface area contributed by atoms with Gasteiger partial charge in [0.2, 0.25) is 0 Å². The van der Waals surface area contributed by atoms with Crippen LogP contribution in [0.25, 0.3) is 0 Å². The molecule has 1 saturated heterocycles. The molecule has 0 spiro atoms. The van der Waals surface area contributed by atoms with E-state index in [1.165, 1.54) is 6.08 Å². The molecule has 2 N–H and O–H groups in total. The summed E-state index contributed by atoms with van der Waals surface area (Å²) in [6, 6.07) is -1.85. The SMILES string of the molecule is [2H]C1C(C)=C(C)C=C2N([2H])C([2H])([2H])N([2H])C21[2H]. The summed E-state index contributed by atoms with van der Waals surface area (Å²) in [5.41, 5.74) is 1.43. The van der Waals surface area contributed by atoms with Crippen molar-refractivity contribution in [1.82, 2.24) is 10.6 Å². The van der Waals surface area contributed by atoms with Gasteiger partial charge in [-0.3, -0.25) is 5.31 Å². The van der Waals surface area contributed by atoms with Crippen LogP contribution >= 0.6 is 0 Å². The Morgan fingerprint density at radius 2 is 2.64 bits per heavy atom. The van der Waals surface area contributed by atoms with E-state index in [-0.39, 0.29) is 5.70 Å². The molecule has 0 aromatic rings. The standard InChI is InChI=1S/C9H14N2/c1-6-3-8-9(4-7(6)2)11-5-10-8/h3,9-11H,4-5H2,1-2H3/i4D,5D2,9D/hD2. The normalized spacial score (nSPS) is 58.2. The Bertz CT molecular complexity index is 431. The lowest BCUT2D eigenvalue weighted by atomic mass is 9.95. The van der Waals surface area contributed by atoms with E-state index in [0.717, 1.165) is 5.57 Å². The predicted octanol–water partition coefficient (Wildman–Crippen LogP) is 1.13. The molecule has 2 unspecified atom stereocenters. The molecule has 60 valence electrons. The summed E-state index contributed by atoms with van der Waals surface area (Å²) in [4.78, 5) is 0. The van der Waals surface area contributed by atoms with Gasteiger partial charge in [0.25, 0.3) is 0 Å². The van der Waals surface area contributed by atoms with Crippen LogP contribution in [0.15, 0.2) is 22.9 Å². The van der Waals surface area contributed by atoms with Gasteiger partial charge in [-0.15, -0.1) is 0 Å². The monoisotopic (exact) mass is 156 g/mol. The summed E-state index contributed by atoms with van der Waals surface area (Å²) in [5, 5.41) is 0.914. The Labute approximate surface area is 75.9 Å². The Kier molecular flexibility index (Phi) is 0.636. The van der Waals surface area contributed by atoms with Crippen LogP contribution < -0.4 is 10.6 Å². The van der Waals surface area contributed by atoms with Crippen LogP contribution in [0, 0.1) is 0 Å². The van der Waals surface area contributed by atoms with Gasteiger partial charge in [-0.1, -0.05) is 11.1 Å². The van der Waals surface area contributed by atoms with Gasteiger partial charge >= 0.3 is 0 Å². The number of nitrogens with one attached hydrogen (secondary N) is 2. The zero-order chi connectivity index (χ0) is 13.2. The average Bonchev–Trinajstić information content (AvgIpc) is 2.39. The zero-order valence-electron chi connectivity index (χ0n) is 12.5. The highest BCUT2D eigenvalue weighted by atomic mass is 15.2. The van der Waals surface area contributed by atoms with Gasteiger partial charge < -0.3 is 5.31 Å². The van der Waals surface area contributed by atoms with Crippen LogP contribution in [0.3, 0.4) is 0 Å². The third-order valence-corrected chi connectivity index (χ3v) is 1.93. The smallest absolute Gasteiger partial charge is 0.161 e. The first-order valence-corrected chi connectivity index (χ1v) is 3.55. The van der Waals surface area contributed by atoms with Gasteiger partial charge in [0.15, 0.2) is 1.41 Å². The summed E-state index contributed by atoms with van der Waals surface area (Å²) < 4.78 is 46.8. The second kappa shape index (κ2) is 2.38. The molecule has 2 aliphatic rings. The van der Waals surface area contributed by atoms with Crippen molar-refractivity contribution >= 4 is 0 Å². The van der Waals surface area contributed by atoms with E-state index in [1.807, 2.05) is 0 Å². The van der Waals surface area contributed by atoms with Crippen molar-refractivity contribution in [3.05, 3.63) is 22.9 Å². The minimum absolute atomic E-state index is 0.0422. The van der Waals surface area contributed by atoms with Gasteiger partial charge in [-0.25, -0.2) is 0 Å². The second-order valence-electron chi connectivity index (χ2n) is 2.75. The van der Waals surface area contributed by atoms with E-state index in [9.17, 15) is 0 Å². The summed E-state index contributed by atoms with van der Waals surface area (Å²) in [6.07, 6.45) is 0.456. The highest BCUT2D eigenvalue weighted by molar-refractivity contribution is 5.35. The molecule has 2 atom stereocenters. The highest BCUT2D eigenvalue weighted by Crippen LogP contribution is 2.23. The molecule has 2 heteroatoms. The molecule has 0 bridgehead atoms. The maximum absolute atomic E-state index is 8.20. The fraction of sp³-hybridized carbons (Fsp3) is 0.556. The molecule has 2 rings (SSSR count). The lowest BCUT2D eigenvalue weighted by molar-refractivity contribution is 0.647. The van der Waals surface area contributed by atoms with Gasteiger partial charge in [0.1, 0.15) is 1.41 Å². The molecule has 0 saturated carbocycles. The van der Waals surface area contributed by atoms with Gasteiger partial charge in [0.05, 0.1) is 16.8 Å². The summed E-state index contributed by atoms with van der Waals surface area (Å²) in [5.74, 6) is 0. The van der Waals surface area contributed by atoms with Crippen LogP contribution in [0.5, 0.6) is 0 Å². The number of hydrogen-bond donors (Lipinski definition) is 2. The molecule has 0 amide bonds. The maximum atomic E-state index is 8.20. The van der Waals surface area contributed by atoms with Gasteiger partial charge in [-0.05, 0) is 26.3 Å². The van der Waals surface area contributed by atoms with Crippen molar-refractivity contribution in [3.8, 4) is 0 Å². The number of allylic oxidation sites excluding steroid dienone is 2. The molecule has 11 heavy (non-hydrogen) atoms. The Morgan fingerprint density at radius 1 is 1.82 bits per heavy atom. The van der Waals surface area contributed by atoms with Crippen LogP contribution in [0.2, 0.25) is 2.82 Å². The van der Waals surface area contributed by atoms with Crippen LogP contribution in [0.4, 0.5) is 0 Å². The van der Waals surface area contributed by atoms with Crippen molar-refractivity contribution in [3.63, 3.8) is 0 Å². The largest absolute Gasteiger partial charge is 0.374 e.